The van der Waals surface area contributed by atoms with Crippen LogP contribution in [0.15, 0.2) is 35.2 Å². The summed E-state index contributed by atoms with van der Waals surface area (Å²) in [6.45, 7) is 2.54. The third-order valence-corrected chi connectivity index (χ3v) is 3.32. The van der Waals surface area contributed by atoms with Crippen LogP contribution < -0.4 is 4.90 Å². The Morgan fingerprint density at radius 1 is 1.41 bits per heavy atom. The first-order chi connectivity index (χ1) is 8.18. The van der Waals surface area contributed by atoms with Crippen molar-refractivity contribution >= 4 is 17.0 Å². The normalized spacial score (nSPS) is 12.4. The Hall–Kier alpha value is -1.39. The molecule has 1 heterocycles. The Morgan fingerprint density at radius 2 is 2.18 bits per heavy atom. The average Bonchev–Trinajstić information content (AvgIpc) is 2.81. The van der Waals surface area contributed by atoms with E-state index in [1.165, 1.54) is 0 Å². The summed E-state index contributed by atoms with van der Waals surface area (Å²) in [5, 5.41) is 11.8. The lowest BCUT2D eigenvalue weighted by molar-refractivity contribution is 0.199. The van der Waals surface area contributed by atoms with Crippen molar-refractivity contribution in [3.05, 3.63) is 46.4 Å². The summed E-state index contributed by atoms with van der Waals surface area (Å²) in [5.74, 6) is 0. The van der Waals surface area contributed by atoms with Crippen molar-refractivity contribution in [2.75, 3.05) is 11.9 Å². The van der Waals surface area contributed by atoms with E-state index in [-0.39, 0.29) is 0 Å². The fourth-order valence-electron chi connectivity index (χ4n) is 1.83. The predicted octanol–water partition coefficient (Wildman–Crippen LogP) is 2.83. The number of aliphatic hydroxyl groups is 1. The van der Waals surface area contributed by atoms with E-state index in [0.717, 1.165) is 23.5 Å². The number of anilines is 1. The van der Waals surface area contributed by atoms with Crippen molar-refractivity contribution in [3.8, 4) is 0 Å². The molecule has 0 saturated heterocycles. The molecule has 2 aromatic rings. The molecule has 2 rings (SSSR count). The van der Waals surface area contributed by atoms with Gasteiger partial charge in [0.15, 0.2) is 0 Å². The smallest absolute Gasteiger partial charge is 0.0795 e. The zero-order chi connectivity index (χ0) is 12.3. The van der Waals surface area contributed by atoms with Crippen LogP contribution in [0, 0.1) is 0 Å². The van der Waals surface area contributed by atoms with E-state index < -0.39 is 6.10 Å². The van der Waals surface area contributed by atoms with E-state index >= 15 is 0 Å². The summed E-state index contributed by atoms with van der Waals surface area (Å²) in [5.41, 5.74) is 4.89. The molecule has 1 atom stereocenters. The summed E-state index contributed by atoms with van der Waals surface area (Å²) < 4.78 is 0. The van der Waals surface area contributed by atoms with Crippen LogP contribution >= 0.6 is 11.3 Å². The molecule has 1 N–H and O–H groups in total. The molecule has 0 aliphatic carbocycles. The van der Waals surface area contributed by atoms with Crippen molar-refractivity contribution in [1.82, 2.24) is 4.98 Å². The van der Waals surface area contributed by atoms with Gasteiger partial charge in [-0.25, -0.2) is 4.98 Å². The van der Waals surface area contributed by atoms with Gasteiger partial charge in [-0.1, -0.05) is 18.2 Å². The van der Waals surface area contributed by atoms with Gasteiger partial charge in [-0.15, -0.1) is 11.3 Å². The minimum atomic E-state index is -0.455. The highest BCUT2D eigenvalue weighted by Gasteiger charge is 2.11. The van der Waals surface area contributed by atoms with Crippen LogP contribution in [-0.4, -0.2) is 17.1 Å². The monoisotopic (exact) mass is 248 g/mol. The molecule has 0 fully saturated rings. The second-order valence-electron chi connectivity index (χ2n) is 4.07. The lowest BCUT2D eigenvalue weighted by Crippen LogP contribution is -2.18. The summed E-state index contributed by atoms with van der Waals surface area (Å²) >= 11 is 1.60. The van der Waals surface area contributed by atoms with Gasteiger partial charge in [0.2, 0.25) is 0 Å². The Kier molecular flexibility index (Phi) is 3.76. The van der Waals surface area contributed by atoms with Gasteiger partial charge in [0.1, 0.15) is 0 Å². The molecular weight excluding hydrogens is 232 g/mol. The number of aromatic nitrogens is 1. The number of thiazole rings is 1. The molecule has 0 aliphatic heterocycles. The Balaban J connectivity index is 2.21. The number of para-hydroxylation sites is 1. The van der Waals surface area contributed by atoms with Gasteiger partial charge in [0, 0.05) is 23.7 Å². The maximum atomic E-state index is 9.74. The molecule has 90 valence electrons. The van der Waals surface area contributed by atoms with Crippen molar-refractivity contribution in [2.24, 2.45) is 0 Å². The van der Waals surface area contributed by atoms with Crippen LogP contribution in [0.5, 0.6) is 0 Å². The minimum absolute atomic E-state index is 0.455. The lowest BCUT2D eigenvalue weighted by atomic mass is 10.1. The molecule has 1 aromatic carbocycles. The van der Waals surface area contributed by atoms with E-state index in [9.17, 15) is 5.11 Å². The van der Waals surface area contributed by atoms with E-state index in [2.05, 4.69) is 9.88 Å². The quantitative estimate of drug-likeness (QED) is 0.904. The maximum Gasteiger partial charge on any atom is 0.0795 e. The zero-order valence-corrected chi connectivity index (χ0v) is 10.8. The predicted molar refractivity (Wildman–Crippen MR) is 71.3 cm³/mol. The molecule has 0 bridgehead atoms. The summed E-state index contributed by atoms with van der Waals surface area (Å²) in [6, 6.07) is 7.91. The Bertz CT molecular complexity index is 468. The first-order valence-corrected chi connectivity index (χ1v) is 6.48. The highest BCUT2D eigenvalue weighted by Crippen LogP contribution is 2.26. The first-order valence-electron chi connectivity index (χ1n) is 5.53. The summed E-state index contributed by atoms with van der Waals surface area (Å²) in [7, 11) is 2.01. The molecule has 3 nitrogen and oxygen atoms in total. The highest BCUT2D eigenvalue weighted by molar-refractivity contribution is 7.07. The molecule has 0 saturated carbocycles. The molecule has 0 unspecified atom stereocenters. The number of hydrogen-bond acceptors (Lipinski definition) is 4. The second-order valence-corrected chi connectivity index (χ2v) is 4.79. The molecule has 0 spiro atoms. The summed E-state index contributed by atoms with van der Waals surface area (Å²) in [6.07, 6.45) is -0.455. The van der Waals surface area contributed by atoms with Crippen LogP contribution in [0.25, 0.3) is 0 Å². The highest BCUT2D eigenvalue weighted by atomic mass is 32.1. The fraction of sp³-hybridized carbons (Fsp3) is 0.308. The second kappa shape index (κ2) is 5.29. The SMILES string of the molecule is C[C@H](O)c1ccccc1N(C)Cc1cscn1. The van der Waals surface area contributed by atoms with Gasteiger partial charge in [-0.05, 0) is 13.0 Å². The molecule has 0 radical (unpaired) electrons. The van der Waals surface area contributed by atoms with Gasteiger partial charge in [0.25, 0.3) is 0 Å². The van der Waals surface area contributed by atoms with Crippen molar-refractivity contribution < 1.29 is 5.11 Å². The molecule has 1 aromatic heterocycles. The molecule has 0 aliphatic rings. The largest absolute Gasteiger partial charge is 0.389 e. The molecule has 17 heavy (non-hydrogen) atoms. The molecular formula is C13H16N2OS. The Morgan fingerprint density at radius 3 is 2.82 bits per heavy atom. The maximum absolute atomic E-state index is 9.74. The van der Waals surface area contributed by atoms with Gasteiger partial charge in [0.05, 0.1) is 23.9 Å². The van der Waals surface area contributed by atoms with E-state index in [1.807, 2.05) is 42.2 Å². The number of rotatable bonds is 4. The van der Waals surface area contributed by atoms with Gasteiger partial charge < -0.3 is 10.0 Å². The Labute approximate surface area is 105 Å². The van der Waals surface area contributed by atoms with Gasteiger partial charge in [-0.3, -0.25) is 0 Å². The fourth-order valence-corrected chi connectivity index (χ4v) is 2.38. The topological polar surface area (TPSA) is 36.4 Å². The van der Waals surface area contributed by atoms with Crippen LogP contribution in [-0.2, 0) is 6.54 Å². The van der Waals surface area contributed by atoms with E-state index in [4.69, 9.17) is 0 Å². The van der Waals surface area contributed by atoms with Crippen LogP contribution in [0.2, 0.25) is 0 Å². The van der Waals surface area contributed by atoms with Crippen LogP contribution in [0.4, 0.5) is 5.69 Å². The summed E-state index contributed by atoms with van der Waals surface area (Å²) in [4.78, 5) is 6.38. The van der Waals surface area contributed by atoms with Crippen LogP contribution in [0.3, 0.4) is 0 Å². The minimum Gasteiger partial charge on any atom is -0.389 e. The van der Waals surface area contributed by atoms with Crippen molar-refractivity contribution in [1.29, 1.82) is 0 Å². The van der Waals surface area contributed by atoms with Gasteiger partial charge in [-0.2, -0.15) is 0 Å². The van der Waals surface area contributed by atoms with Crippen molar-refractivity contribution in [3.63, 3.8) is 0 Å². The number of aliphatic hydroxyl groups excluding tert-OH is 1. The number of nitrogens with zero attached hydrogens (tertiary/aromatic N) is 2. The number of hydrogen-bond donors (Lipinski definition) is 1. The molecule has 4 heteroatoms. The first kappa shape index (κ1) is 12.1. The lowest BCUT2D eigenvalue weighted by Gasteiger charge is -2.22. The number of benzene rings is 1. The average molecular weight is 248 g/mol. The third-order valence-electron chi connectivity index (χ3n) is 2.68. The zero-order valence-electron chi connectivity index (χ0n) is 10.00. The van der Waals surface area contributed by atoms with E-state index in [0.29, 0.717) is 0 Å². The van der Waals surface area contributed by atoms with Crippen LogP contribution in [0.1, 0.15) is 24.3 Å². The molecule has 0 amide bonds. The van der Waals surface area contributed by atoms with E-state index in [1.54, 1.807) is 18.3 Å². The van der Waals surface area contributed by atoms with Gasteiger partial charge >= 0.3 is 0 Å². The van der Waals surface area contributed by atoms with Crippen molar-refractivity contribution in [2.45, 2.75) is 19.6 Å². The third kappa shape index (κ3) is 2.84. The standard InChI is InChI=1S/C13H16N2OS/c1-10(16)12-5-3-4-6-13(12)15(2)7-11-8-17-9-14-11/h3-6,8-10,16H,7H2,1-2H3/t10-/m0/s1.